The molecule has 1 saturated heterocycles. The van der Waals surface area contributed by atoms with Crippen LogP contribution in [0.3, 0.4) is 0 Å². The van der Waals surface area contributed by atoms with Gasteiger partial charge in [-0.3, -0.25) is 0 Å². The van der Waals surface area contributed by atoms with Crippen molar-refractivity contribution in [1.29, 1.82) is 0 Å². The monoisotopic (exact) mass is 288 g/mol. The normalized spacial score (nSPS) is 38.9. The first-order chi connectivity index (χ1) is 6.35. The molecule has 2 radical (unpaired) electrons. The fourth-order valence-corrected chi connectivity index (χ4v) is 2.24. The van der Waals surface area contributed by atoms with Crippen molar-refractivity contribution < 1.29 is 32.1 Å². The van der Waals surface area contributed by atoms with Crippen LogP contribution in [-0.2, 0) is 19.3 Å². The first-order valence-electron chi connectivity index (χ1n) is 3.63. The third-order valence-electron chi connectivity index (χ3n) is 1.73. The van der Waals surface area contributed by atoms with E-state index >= 15 is 0 Å². The molecule has 0 aromatic heterocycles. The van der Waals surface area contributed by atoms with E-state index in [-0.39, 0.29) is 0 Å². The summed E-state index contributed by atoms with van der Waals surface area (Å²) in [4.78, 5) is 0. The molecule has 1 heterocycles. The van der Waals surface area contributed by atoms with Crippen LogP contribution >= 0.6 is 0 Å². The number of aliphatic hydroxyl groups is 2. The van der Waals surface area contributed by atoms with Gasteiger partial charge in [0.1, 0.15) is 0 Å². The molecule has 0 saturated carbocycles. The summed E-state index contributed by atoms with van der Waals surface area (Å²) in [5, 5.41) is 18.9. The van der Waals surface area contributed by atoms with Crippen LogP contribution in [0.5, 0.6) is 0 Å². The quantitative estimate of drug-likeness (QED) is 0.400. The van der Waals surface area contributed by atoms with Gasteiger partial charge in [-0.15, -0.1) is 0 Å². The first-order valence-corrected chi connectivity index (χ1v) is 6.32. The zero-order valence-electron chi connectivity index (χ0n) is 6.85. The van der Waals surface area contributed by atoms with Gasteiger partial charge in [0.05, 0.1) is 0 Å². The molecule has 0 aromatic carbocycles. The molecule has 0 bridgehead atoms. The third-order valence-corrected chi connectivity index (χ3v) is 2.95. The topological polar surface area (TPSA) is 113 Å². The predicted octanol–water partition coefficient (Wildman–Crippen LogP) is -2.16. The summed E-state index contributed by atoms with van der Waals surface area (Å²) in [6.07, 6.45) is -5.08. The second-order valence-corrected chi connectivity index (χ2v) is 4.54. The molecule has 3 N–H and O–H groups in total. The van der Waals surface area contributed by atoms with Crippen LogP contribution in [0.15, 0.2) is 0 Å². The molecule has 0 aromatic rings. The first kappa shape index (κ1) is 12.4. The van der Waals surface area contributed by atoms with E-state index in [1.54, 1.807) is 0 Å². The molecule has 9 heteroatoms. The van der Waals surface area contributed by atoms with Gasteiger partial charge in [-0.2, -0.15) is 0 Å². The van der Waals surface area contributed by atoms with Gasteiger partial charge < -0.3 is 0 Å². The van der Waals surface area contributed by atoms with E-state index in [0.29, 0.717) is 5.21 Å². The van der Waals surface area contributed by atoms with Crippen LogP contribution in [0.25, 0.3) is 0 Å². The Kier molecular flexibility index (Phi) is 3.93. The number of rotatable bonds is 3. The van der Waals surface area contributed by atoms with Crippen LogP contribution in [0.1, 0.15) is 0 Å². The van der Waals surface area contributed by atoms with Crippen molar-refractivity contribution in [3.05, 3.63) is 0 Å². The van der Waals surface area contributed by atoms with Gasteiger partial charge in [0.15, 0.2) is 0 Å². The Morgan fingerprint density at radius 2 is 2.00 bits per heavy atom. The fourth-order valence-electron chi connectivity index (χ4n) is 1.11. The van der Waals surface area contributed by atoms with E-state index in [0.717, 1.165) is 0 Å². The summed E-state index contributed by atoms with van der Waals surface area (Å²) in [5.74, 6) is 0. The summed E-state index contributed by atoms with van der Waals surface area (Å²) in [6, 6.07) is 0. The average Bonchev–Trinajstić information content (AvgIpc) is 2.29. The summed E-state index contributed by atoms with van der Waals surface area (Å²) in [7, 11) is -4.71. The van der Waals surface area contributed by atoms with E-state index in [1.165, 1.54) is 0 Å². The van der Waals surface area contributed by atoms with Crippen LogP contribution in [0.4, 0.5) is 0 Å². The zero-order valence-corrected chi connectivity index (χ0v) is 9.54. The van der Waals surface area contributed by atoms with Gasteiger partial charge in [-0.1, -0.05) is 0 Å². The number of hydrogen-bond donors (Lipinski definition) is 3. The molecule has 0 spiro atoms. The number of hydrogen-bond acceptors (Lipinski definition) is 6. The predicted molar refractivity (Wildman–Crippen MR) is 43.9 cm³/mol. The Morgan fingerprint density at radius 3 is 2.36 bits per heavy atom. The van der Waals surface area contributed by atoms with Crippen LogP contribution in [0, 0.1) is 0 Å². The summed E-state index contributed by atoms with van der Waals surface area (Å²) in [5.41, 5.74) is 0. The standard InChI is InChI=1S/C5H9AsO7S/c6-1-2-3(7)4(5(8)12-2)13-14(9,10)11/h2-5,7-8H,1H2,(H,9,10,11)/t2-,3-,4-,5-/m1/s1. The fraction of sp³-hybridized carbons (Fsp3) is 1.00. The van der Waals surface area contributed by atoms with Gasteiger partial charge in [-0.25, -0.2) is 0 Å². The molecule has 1 aliphatic rings. The number of aliphatic hydroxyl groups excluding tert-OH is 2. The molecule has 1 rings (SSSR count). The van der Waals surface area contributed by atoms with Crippen molar-refractivity contribution in [2.75, 3.05) is 0 Å². The molecule has 1 aliphatic heterocycles. The Bertz CT molecular complexity index is 290. The van der Waals surface area contributed by atoms with Gasteiger partial charge in [-0.05, 0) is 0 Å². The van der Waals surface area contributed by atoms with E-state index in [2.05, 4.69) is 21.0 Å². The molecular formula is C5H9AsO7S. The van der Waals surface area contributed by atoms with Crippen molar-refractivity contribution in [3.63, 3.8) is 0 Å². The Morgan fingerprint density at radius 1 is 1.43 bits per heavy atom. The molecular weight excluding hydrogens is 279 g/mol. The molecule has 14 heavy (non-hydrogen) atoms. The maximum absolute atomic E-state index is 10.3. The van der Waals surface area contributed by atoms with E-state index in [1.807, 2.05) is 0 Å². The Balaban J connectivity index is 2.70. The van der Waals surface area contributed by atoms with Gasteiger partial charge in [0, 0.05) is 0 Å². The summed E-state index contributed by atoms with van der Waals surface area (Å²) >= 11 is 2.12. The average molecular weight is 288 g/mol. The van der Waals surface area contributed by atoms with Crippen LogP contribution < -0.4 is 0 Å². The molecule has 7 nitrogen and oxygen atoms in total. The summed E-state index contributed by atoms with van der Waals surface area (Å²) in [6.45, 7) is 0. The molecule has 82 valence electrons. The Labute approximate surface area is 89.5 Å². The molecule has 0 aliphatic carbocycles. The Hall–Kier alpha value is 0.308. The SMILES string of the molecule is O=S(=O)(O)O[C@@H]1[C@H](O)[C@@H](C[As])O[C@H]1O. The molecule has 1 fully saturated rings. The van der Waals surface area contributed by atoms with Crippen LogP contribution in [-0.4, -0.2) is 64.6 Å². The van der Waals surface area contributed by atoms with Crippen molar-refractivity contribution in [2.45, 2.75) is 29.8 Å². The zero-order chi connectivity index (χ0) is 10.9. The van der Waals surface area contributed by atoms with Gasteiger partial charge >= 0.3 is 89.2 Å². The summed E-state index contributed by atoms with van der Waals surface area (Å²) < 4.78 is 37.8. The van der Waals surface area contributed by atoms with E-state index in [4.69, 9.17) is 14.4 Å². The van der Waals surface area contributed by atoms with Crippen LogP contribution in [0.2, 0.25) is 5.21 Å². The molecule has 4 atom stereocenters. The van der Waals surface area contributed by atoms with Crippen molar-refractivity contribution in [2.24, 2.45) is 0 Å². The van der Waals surface area contributed by atoms with E-state index in [9.17, 15) is 13.5 Å². The number of ether oxygens (including phenoxy) is 1. The van der Waals surface area contributed by atoms with Gasteiger partial charge in [0.25, 0.3) is 0 Å². The van der Waals surface area contributed by atoms with Crippen molar-refractivity contribution in [1.82, 2.24) is 0 Å². The third kappa shape index (κ3) is 2.90. The van der Waals surface area contributed by atoms with Gasteiger partial charge in [0.2, 0.25) is 0 Å². The van der Waals surface area contributed by atoms with Crippen molar-refractivity contribution in [3.8, 4) is 0 Å². The minimum atomic E-state index is -4.71. The molecule has 0 amide bonds. The minimum absolute atomic E-state index is 0.330. The molecule has 0 unspecified atom stereocenters. The second kappa shape index (κ2) is 4.44. The van der Waals surface area contributed by atoms with E-state index < -0.39 is 35.0 Å². The second-order valence-electron chi connectivity index (χ2n) is 2.73. The van der Waals surface area contributed by atoms with Crippen molar-refractivity contribution >= 4 is 27.3 Å². The maximum atomic E-state index is 10.3.